The summed E-state index contributed by atoms with van der Waals surface area (Å²) in [6.07, 6.45) is 0. The molecule has 0 aliphatic carbocycles. The molecule has 0 heterocycles. The maximum Gasteiger partial charge on any atom is 0.0462 e. The van der Waals surface area contributed by atoms with Crippen LogP contribution in [0.3, 0.4) is 0 Å². The van der Waals surface area contributed by atoms with Crippen molar-refractivity contribution in [3.63, 3.8) is 0 Å². The van der Waals surface area contributed by atoms with E-state index in [0.29, 0.717) is 0 Å². The summed E-state index contributed by atoms with van der Waals surface area (Å²) >= 11 is 7.01. The monoisotopic (exact) mass is 1110 g/mol. The van der Waals surface area contributed by atoms with Crippen molar-refractivity contribution in [2.75, 3.05) is 9.80 Å². The molecule has 6 aromatic rings. The Kier molecular flexibility index (Phi) is 15.5. The fourth-order valence-electron chi connectivity index (χ4n) is 4.40. The molecule has 0 atom stereocenters. The molecule has 0 saturated heterocycles. The second-order valence-electron chi connectivity index (χ2n) is 9.11. The van der Waals surface area contributed by atoms with Crippen molar-refractivity contribution >= 4 is 102 Å². The first-order valence-corrected chi connectivity index (χ1v) is 16.3. The number of nitrogens with zero attached hydrogens (tertiary/aromatic N) is 2. The number of hydrogen-bond donors (Lipinski definition) is 0. The molecule has 0 fully saturated rings. The van der Waals surface area contributed by atoms with Gasteiger partial charge < -0.3 is 15.3 Å². The quantitative estimate of drug-likeness (QED) is 0.156. The minimum atomic E-state index is 0. The van der Waals surface area contributed by atoms with Crippen LogP contribution in [0.25, 0.3) is 0 Å². The van der Waals surface area contributed by atoms with Gasteiger partial charge in [0, 0.05) is 88.9 Å². The average molecular weight is 1110 g/mol. The van der Waals surface area contributed by atoms with Gasteiger partial charge in [0.05, 0.1) is 0 Å². The topological polar surface area (TPSA) is 38.0 Å². The van der Waals surface area contributed by atoms with Crippen molar-refractivity contribution in [1.82, 2.24) is 0 Å². The van der Waals surface area contributed by atoms with Crippen LogP contribution in [0.4, 0.5) is 34.1 Å². The minimum Gasteiger partial charge on any atom is -0.412 e. The summed E-state index contributed by atoms with van der Waals surface area (Å²) in [4.78, 5) is 4.53. The van der Waals surface area contributed by atoms with Crippen LogP contribution in [0, 0.1) is 54.8 Å². The number of benzene rings is 6. The molecule has 3 nitrogen and oxygen atoms in total. The fourth-order valence-corrected chi connectivity index (χ4v) is 5.47. The molecule has 0 spiro atoms. The van der Waals surface area contributed by atoms with Gasteiger partial charge in [0.25, 0.3) is 0 Å². The Morgan fingerprint density at radius 3 is 0.674 bits per heavy atom. The minimum absolute atomic E-state index is 0. The second kappa shape index (κ2) is 18.5. The first-order valence-electron chi connectivity index (χ1n) is 13.1. The van der Waals surface area contributed by atoms with Gasteiger partial charge in [-0.15, -0.1) is 0 Å². The molecule has 0 unspecified atom stereocenters. The number of para-hydroxylation sites is 3. The molecule has 0 saturated carbocycles. The first kappa shape index (κ1) is 36.0. The Balaban J connectivity index is 0.000000227. The number of anilines is 6. The molecular formula is C36H29AcI3N2O. The number of rotatable bonds is 6. The van der Waals surface area contributed by atoms with Crippen LogP contribution in [0.1, 0.15) is 0 Å². The summed E-state index contributed by atoms with van der Waals surface area (Å²) in [5, 5.41) is 0. The third-order valence-corrected chi connectivity index (χ3v) is 8.46. The molecule has 213 valence electrons. The molecule has 6 aromatic carbocycles. The van der Waals surface area contributed by atoms with E-state index in [9.17, 15) is 0 Å². The summed E-state index contributed by atoms with van der Waals surface area (Å²) in [6.45, 7) is 0. The van der Waals surface area contributed by atoms with Gasteiger partial charge in [0.15, 0.2) is 0 Å². The summed E-state index contributed by atoms with van der Waals surface area (Å²) < 4.78 is 3.73. The Morgan fingerprint density at radius 1 is 0.279 bits per heavy atom. The van der Waals surface area contributed by atoms with Crippen LogP contribution < -0.4 is 9.80 Å². The van der Waals surface area contributed by atoms with E-state index in [2.05, 4.69) is 223 Å². The Labute approximate surface area is 331 Å². The zero-order chi connectivity index (χ0) is 28.4. The van der Waals surface area contributed by atoms with Gasteiger partial charge in [0.2, 0.25) is 0 Å². The van der Waals surface area contributed by atoms with Crippen LogP contribution >= 0.6 is 67.8 Å². The van der Waals surface area contributed by atoms with E-state index in [1.165, 1.54) is 44.8 Å². The van der Waals surface area contributed by atoms with Gasteiger partial charge >= 0.3 is 0 Å². The van der Waals surface area contributed by atoms with E-state index in [1.807, 2.05) is 18.2 Å². The van der Waals surface area contributed by atoms with E-state index < -0.39 is 0 Å². The van der Waals surface area contributed by atoms with E-state index in [4.69, 9.17) is 0 Å². The van der Waals surface area contributed by atoms with Crippen molar-refractivity contribution in [3.05, 3.63) is 175 Å². The third-order valence-electron chi connectivity index (χ3n) is 6.30. The van der Waals surface area contributed by atoms with Crippen LogP contribution in [0.5, 0.6) is 0 Å². The molecule has 0 aliphatic rings. The SMILES string of the molecule is Ic1ccc(N(c2ccc(I)cc2)c2ccc(I)cc2)cc1.O.[Ac].c1ccc(N(c2ccccc2)c2ccccc2)cc1. The maximum absolute atomic E-state index is 2.34. The smallest absolute Gasteiger partial charge is 0.0462 e. The number of halogens is 3. The van der Waals surface area contributed by atoms with Crippen LogP contribution in [-0.2, 0) is 0 Å². The number of hydrogen-bond acceptors (Lipinski definition) is 2. The van der Waals surface area contributed by atoms with Gasteiger partial charge in [-0.05, 0) is 177 Å². The van der Waals surface area contributed by atoms with Gasteiger partial charge in [-0.2, -0.15) is 0 Å². The van der Waals surface area contributed by atoms with Crippen LogP contribution in [0.15, 0.2) is 164 Å². The Bertz CT molecular complexity index is 1440. The molecule has 7 heteroatoms. The van der Waals surface area contributed by atoms with Gasteiger partial charge in [-0.25, -0.2) is 0 Å². The third kappa shape index (κ3) is 10.3. The molecule has 43 heavy (non-hydrogen) atoms. The van der Waals surface area contributed by atoms with Gasteiger partial charge in [0.1, 0.15) is 0 Å². The van der Waals surface area contributed by atoms with Crippen LogP contribution in [0.2, 0.25) is 0 Å². The van der Waals surface area contributed by atoms with E-state index >= 15 is 0 Å². The zero-order valence-electron chi connectivity index (χ0n) is 23.2. The molecule has 0 aromatic heterocycles. The summed E-state index contributed by atoms with van der Waals surface area (Å²) in [6, 6.07) is 57.1. The van der Waals surface area contributed by atoms with Gasteiger partial charge in [-0.1, -0.05) is 54.6 Å². The zero-order valence-corrected chi connectivity index (χ0v) is 34.4. The van der Waals surface area contributed by atoms with Crippen molar-refractivity contribution in [2.24, 2.45) is 0 Å². The normalized spacial score (nSPS) is 9.84. The van der Waals surface area contributed by atoms with Crippen molar-refractivity contribution in [2.45, 2.75) is 0 Å². The molecule has 2 N–H and O–H groups in total. The van der Waals surface area contributed by atoms with Crippen molar-refractivity contribution < 1.29 is 49.5 Å². The Morgan fingerprint density at radius 2 is 0.465 bits per heavy atom. The van der Waals surface area contributed by atoms with Gasteiger partial charge in [-0.3, -0.25) is 0 Å². The molecule has 1 radical (unpaired) electrons. The summed E-state index contributed by atoms with van der Waals surface area (Å²) in [5.74, 6) is 0. The molecule has 6 rings (SSSR count). The molecule has 0 aliphatic heterocycles. The molecule has 0 amide bonds. The molecule has 0 bridgehead atoms. The van der Waals surface area contributed by atoms with Crippen molar-refractivity contribution in [1.29, 1.82) is 0 Å². The predicted molar refractivity (Wildman–Crippen MR) is 204 cm³/mol. The largest absolute Gasteiger partial charge is 0.412 e. The fraction of sp³-hybridized carbons (Fsp3) is 0. The average Bonchev–Trinajstić information content (AvgIpc) is 3.02. The summed E-state index contributed by atoms with van der Waals surface area (Å²) in [5.41, 5.74) is 7.01. The van der Waals surface area contributed by atoms with E-state index in [1.54, 1.807) is 0 Å². The van der Waals surface area contributed by atoms with E-state index in [-0.39, 0.29) is 49.5 Å². The molecular weight excluding hydrogens is 1080 g/mol. The van der Waals surface area contributed by atoms with Crippen LogP contribution in [-0.4, -0.2) is 5.48 Å². The predicted octanol–water partition coefficient (Wildman–Crippen LogP) is 11.3. The second-order valence-corrected chi connectivity index (χ2v) is 12.8. The van der Waals surface area contributed by atoms with Crippen molar-refractivity contribution in [3.8, 4) is 0 Å². The maximum atomic E-state index is 2.34. The standard InChI is InChI=1S/C18H12I3N.C18H15N.Ac.H2O/c19-13-1-7-16(8-2-13)22(17-9-3-14(20)4-10-17)18-11-5-15(21)6-12-18;1-4-10-16(11-5-1)19(17-12-6-2-7-13-17)18-14-8-3-9-15-18;;/h1-12H;1-15H;;1H2. The summed E-state index contributed by atoms with van der Waals surface area (Å²) in [7, 11) is 0. The first-order chi connectivity index (χ1) is 20.1. The Hall–Kier alpha value is -1.49. The van der Waals surface area contributed by atoms with E-state index in [0.717, 1.165) is 0 Å².